The van der Waals surface area contributed by atoms with Crippen LogP contribution in [0.4, 0.5) is 33.5 Å². The number of rotatable bonds is 6. The maximum atomic E-state index is 16.8. The minimum Gasteiger partial charge on any atom is -0.475 e. The van der Waals surface area contributed by atoms with Crippen LogP contribution in [0.15, 0.2) is 12.1 Å². The maximum absolute atomic E-state index is 16.8. The van der Waals surface area contributed by atoms with E-state index in [1.54, 1.807) is 0 Å². The largest absolute Gasteiger partial charge is 0.475 e. The molecule has 6 heterocycles. The molecule has 2 aromatic heterocycles. The number of anilines is 2. The fraction of sp³-hybridized carbons (Fsp3) is 0.594. The molecule has 9 nitrogen and oxygen atoms in total. The van der Waals surface area contributed by atoms with E-state index < -0.39 is 51.1 Å². The predicted molar refractivity (Wildman–Crippen MR) is 166 cm³/mol. The Kier molecular flexibility index (Phi) is 7.20. The van der Waals surface area contributed by atoms with Crippen molar-refractivity contribution in [3.63, 3.8) is 0 Å². The number of halogens is 6. The number of hydrogen-bond acceptors (Lipinski definition) is 9. The van der Waals surface area contributed by atoms with E-state index in [0.29, 0.717) is 25.3 Å². The monoisotopic (exact) mass is 679 g/mol. The van der Waals surface area contributed by atoms with Crippen LogP contribution in [0.3, 0.4) is 0 Å². The van der Waals surface area contributed by atoms with E-state index in [1.165, 1.54) is 0 Å². The number of likely N-dealkylation sites (N-methyl/N-ethyl adjacent to an activating group) is 1. The van der Waals surface area contributed by atoms with Crippen molar-refractivity contribution in [2.24, 2.45) is 0 Å². The van der Waals surface area contributed by atoms with E-state index in [9.17, 15) is 17.6 Å². The minimum absolute atomic E-state index is 0.0722. The van der Waals surface area contributed by atoms with Crippen molar-refractivity contribution >= 4 is 34.0 Å². The number of nitrogen functional groups attached to an aromatic ring is 1. The second-order valence-corrected chi connectivity index (χ2v) is 14.2. The number of ether oxygens (including phenoxy) is 2. The van der Waals surface area contributed by atoms with Gasteiger partial charge in [-0.3, -0.25) is 4.90 Å². The van der Waals surface area contributed by atoms with Crippen LogP contribution >= 0.6 is 11.6 Å². The Bertz CT molecular complexity index is 1760. The molecule has 1 spiro atoms. The molecule has 3 saturated heterocycles. The second kappa shape index (κ2) is 10.9. The number of hydrogen-bond donors (Lipinski definition) is 1. The van der Waals surface area contributed by atoms with E-state index in [1.807, 2.05) is 7.05 Å². The van der Waals surface area contributed by atoms with Crippen molar-refractivity contribution in [3.05, 3.63) is 28.5 Å². The molecule has 1 unspecified atom stereocenters. The van der Waals surface area contributed by atoms with Gasteiger partial charge in [0.15, 0.2) is 5.82 Å². The molecule has 5 aliphatic rings. The third kappa shape index (κ3) is 4.96. The number of aromatic nitrogens is 3. The Hall–Kier alpha value is -3.23. The first-order valence-electron chi connectivity index (χ1n) is 16.1. The van der Waals surface area contributed by atoms with Gasteiger partial charge in [-0.25, -0.2) is 13.8 Å². The summed E-state index contributed by atoms with van der Waals surface area (Å²) in [5.74, 6) is -0.812. The summed E-state index contributed by atoms with van der Waals surface area (Å²) in [6.45, 7) is 2.90. The number of nitrogens with zero attached hydrogens (tertiary/aromatic N) is 6. The summed E-state index contributed by atoms with van der Waals surface area (Å²) in [7, 11) is 2.04. The number of alkyl halides is 4. The van der Waals surface area contributed by atoms with Gasteiger partial charge in [-0.2, -0.15) is 23.1 Å². The van der Waals surface area contributed by atoms with Gasteiger partial charge in [0.25, 0.3) is 0 Å². The van der Waals surface area contributed by atoms with E-state index in [0.717, 1.165) is 63.7 Å². The summed E-state index contributed by atoms with van der Waals surface area (Å²) in [5, 5.41) is -0.515. The maximum Gasteiger partial charge on any atom is 0.418 e. The summed E-state index contributed by atoms with van der Waals surface area (Å²) < 4.78 is 86.9. The zero-order chi connectivity index (χ0) is 32.9. The number of likely N-dealkylation sites (tertiary alicyclic amines) is 1. The summed E-state index contributed by atoms with van der Waals surface area (Å²) in [4.78, 5) is 20.2. The van der Waals surface area contributed by atoms with Crippen LogP contribution in [0, 0.1) is 5.82 Å². The smallest absolute Gasteiger partial charge is 0.418 e. The van der Waals surface area contributed by atoms with Crippen molar-refractivity contribution in [1.82, 2.24) is 24.8 Å². The molecule has 1 aliphatic carbocycles. The van der Waals surface area contributed by atoms with Gasteiger partial charge in [0.2, 0.25) is 5.88 Å². The van der Waals surface area contributed by atoms with Gasteiger partial charge in [-0.05, 0) is 70.8 Å². The lowest BCUT2D eigenvalue weighted by Crippen LogP contribution is -2.62. The topological polar surface area (TPSA) is 92.9 Å². The SMILES string of the molecule is CN1CCC1CN1c2nc(OC[C@@]34CCCN3C[C@H](F)C4)nc3c(F)c(-c4cc(N)cc(Cl)c4C(F)(F)F)nc(c23)OCC12CCC2. The molecule has 1 saturated carbocycles. The zero-order valence-electron chi connectivity index (χ0n) is 25.8. The molecule has 4 fully saturated rings. The Labute approximate surface area is 273 Å². The molecule has 3 atom stereocenters. The van der Waals surface area contributed by atoms with E-state index in [2.05, 4.69) is 24.7 Å². The zero-order valence-corrected chi connectivity index (χ0v) is 26.6. The van der Waals surface area contributed by atoms with Crippen LogP contribution < -0.4 is 20.1 Å². The van der Waals surface area contributed by atoms with E-state index in [4.69, 9.17) is 31.8 Å². The fourth-order valence-electron chi connectivity index (χ4n) is 8.19. The lowest BCUT2D eigenvalue weighted by atomic mass is 9.75. The third-order valence-electron chi connectivity index (χ3n) is 11.0. The fourth-order valence-corrected chi connectivity index (χ4v) is 8.53. The summed E-state index contributed by atoms with van der Waals surface area (Å²) in [5.41, 5.74) is 2.01. The molecule has 0 amide bonds. The van der Waals surface area contributed by atoms with Crippen molar-refractivity contribution in [2.75, 3.05) is 57.1 Å². The highest BCUT2D eigenvalue weighted by Gasteiger charge is 2.51. The second-order valence-electron chi connectivity index (χ2n) is 13.8. The first-order valence-corrected chi connectivity index (χ1v) is 16.5. The standard InChI is InChI=1S/C32H35ClF5N7O2/c1-43-9-4-19(43)14-45-27-22-26(41-29(42-27)47-16-31-7-3-8-44(31)13-17(34)12-31)24(35)25(40-28(22)46-15-30(45)5-2-6-30)20-10-18(39)11-21(33)23(20)32(36,37)38/h10-11,17,19H,2-9,12-16,39H2,1H3/t17-,19?,31+/m1/s1. The normalized spacial score (nSPS) is 27.0. The molecule has 0 radical (unpaired) electrons. The van der Waals surface area contributed by atoms with Gasteiger partial charge in [0.05, 0.1) is 21.7 Å². The predicted octanol–water partition coefficient (Wildman–Crippen LogP) is 5.87. The van der Waals surface area contributed by atoms with Gasteiger partial charge in [-0.1, -0.05) is 11.6 Å². The number of nitrogens with two attached hydrogens (primary N) is 1. The van der Waals surface area contributed by atoms with Gasteiger partial charge in [-0.15, -0.1) is 0 Å². The van der Waals surface area contributed by atoms with Crippen molar-refractivity contribution in [1.29, 1.82) is 0 Å². The van der Waals surface area contributed by atoms with E-state index in [-0.39, 0.29) is 47.7 Å². The van der Waals surface area contributed by atoms with Crippen LogP contribution in [0.2, 0.25) is 5.02 Å². The van der Waals surface area contributed by atoms with Crippen LogP contribution in [0.1, 0.15) is 50.5 Å². The quantitative estimate of drug-likeness (QED) is 0.254. The molecule has 1 aromatic carbocycles. The average Bonchev–Trinajstić information content (AvgIpc) is 3.46. The number of pyridine rings is 1. The highest BCUT2D eigenvalue weighted by molar-refractivity contribution is 6.32. The van der Waals surface area contributed by atoms with Crippen molar-refractivity contribution < 1.29 is 31.4 Å². The minimum atomic E-state index is -4.94. The lowest BCUT2D eigenvalue weighted by molar-refractivity contribution is -0.137. The molecular formula is C32H35ClF5N7O2. The molecular weight excluding hydrogens is 645 g/mol. The Balaban J connectivity index is 1.32. The van der Waals surface area contributed by atoms with Crippen molar-refractivity contribution in [3.8, 4) is 23.1 Å². The highest BCUT2D eigenvalue weighted by atomic mass is 35.5. The lowest BCUT2D eigenvalue weighted by Gasteiger charge is -2.52. The first-order chi connectivity index (χ1) is 22.4. The summed E-state index contributed by atoms with van der Waals surface area (Å²) >= 11 is 6.05. The first kappa shape index (κ1) is 31.1. The van der Waals surface area contributed by atoms with Gasteiger partial charge in [0.1, 0.15) is 41.8 Å². The van der Waals surface area contributed by atoms with Crippen LogP contribution in [0.25, 0.3) is 22.2 Å². The Morgan fingerprint density at radius 1 is 1.13 bits per heavy atom. The van der Waals surface area contributed by atoms with E-state index >= 15 is 4.39 Å². The Morgan fingerprint density at radius 2 is 1.94 bits per heavy atom. The molecule has 3 aromatic rings. The number of benzene rings is 1. The summed E-state index contributed by atoms with van der Waals surface area (Å²) in [6, 6.07) is 2.05. The molecule has 47 heavy (non-hydrogen) atoms. The molecule has 2 N–H and O–H groups in total. The third-order valence-corrected chi connectivity index (χ3v) is 11.3. The van der Waals surface area contributed by atoms with Crippen molar-refractivity contribution in [2.45, 2.75) is 74.4 Å². The Morgan fingerprint density at radius 3 is 2.62 bits per heavy atom. The molecule has 4 aliphatic heterocycles. The molecule has 252 valence electrons. The highest BCUT2D eigenvalue weighted by Crippen LogP contribution is 2.50. The van der Waals surface area contributed by atoms with Gasteiger partial charge in [0, 0.05) is 36.8 Å². The molecule has 0 bridgehead atoms. The van der Waals surface area contributed by atoms with Gasteiger partial charge < -0.3 is 25.0 Å². The summed E-state index contributed by atoms with van der Waals surface area (Å²) in [6.07, 6.45) is -0.470. The van der Waals surface area contributed by atoms with Crippen LogP contribution in [0.5, 0.6) is 11.9 Å². The molecule has 8 rings (SSSR count). The average molecular weight is 680 g/mol. The van der Waals surface area contributed by atoms with Gasteiger partial charge >= 0.3 is 12.2 Å². The van der Waals surface area contributed by atoms with Crippen LogP contribution in [-0.4, -0.2) is 94.5 Å². The number of fused-ring (bicyclic) bond motifs is 1. The van der Waals surface area contributed by atoms with Crippen LogP contribution in [-0.2, 0) is 6.18 Å². The molecule has 15 heteroatoms.